The molecule has 1 heterocycles. The maximum Gasteiger partial charge on any atom is 0.245 e. The van der Waals surface area contributed by atoms with Crippen LogP contribution in [0, 0.1) is 5.82 Å². The lowest BCUT2D eigenvalue weighted by Gasteiger charge is -2.32. The molecule has 0 aliphatic carbocycles. The van der Waals surface area contributed by atoms with Crippen LogP contribution in [-0.2, 0) is 24.7 Å². The molecule has 1 atom stereocenters. The summed E-state index contributed by atoms with van der Waals surface area (Å²) < 4.78 is 67.4. The zero-order chi connectivity index (χ0) is 25.4. The summed E-state index contributed by atoms with van der Waals surface area (Å²) in [6.45, 7) is 0.213. The van der Waals surface area contributed by atoms with E-state index in [1.54, 1.807) is 18.2 Å². The quantitative estimate of drug-likeness (QED) is 0.513. The molecule has 1 aliphatic heterocycles. The number of hydrogen-bond donors (Lipinski definition) is 1. The van der Waals surface area contributed by atoms with Crippen molar-refractivity contribution in [3.05, 3.63) is 77.6 Å². The maximum absolute atomic E-state index is 15.2. The molecule has 1 aliphatic rings. The first-order valence-electron chi connectivity index (χ1n) is 10.7. The summed E-state index contributed by atoms with van der Waals surface area (Å²) in [4.78, 5) is 14.3. The Labute approximate surface area is 208 Å². The first-order valence-corrected chi connectivity index (χ1v) is 14.4. The number of carbonyl (C=O) groups excluding carboxylic acids is 1. The molecule has 1 amide bonds. The summed E-state index contributed by atoms with van der Waals surface area (Å²) in [7, 11) is -7.57. The summed E-state index contributed by atoms with van der Waals surface area (Å²) in [5.41, 5.74) is 0.676. The van der Waals surface area contributed by atoms with Crippen LogP contribution in [0.4, 0.5) is 10.1 Å². The van der Waals surface area contributed by atoms with Crippen molar-refractivity contribution < 1.29 is 26.0 Å². The monoisotopic (exact) mass is 536 g/mol. The summed E-state index contributed by atoms with van der Waals surface area (Å²) in [6.07, 6.45) is 1.79. The molecule has 7 nitrogen and oxygen atoms in total. The summed E-state index contributed by atoms with van der Waals surface area (Å²) in [5, 5.41) is 0.240. The lowest BCUT2D eigenvalue weighted by atomic mass is 10.0. The van der Waals surface area contributed by atoms with Crippen LogP contribution in [0.3, 0.4) is 0 Å². The van der Waals surface area contributed by atoms with Gasteiger partial charge in [-0.05, 0) is 54.8 Å². The summed E-state index contributed by atoms with van der Waals surface area (Å²) >= 11 is 5.89. The van der Waals surface area contributed by atoms with Gasteiger partial charge in [0.25, 0.3) is 0 Å². The minimum absolute atomic E-state index is 0.0118. The van der Waals surface area contributed by atoms with Crippen molar-refractivity contribution in [2.45, 2.75) is 28.7 Å². The molecular weight excluding hydrogens is 515 g/mol. The van der Waals surface area contributed by atoms with Gasteiger partial charge in [0, 0.05) is 23.4 Å². The Morgan fingerprint density at radius 2 is 1.74 bits per heavy atom. The molecule has 0 aromatic heterocycles. The Morgan fingerprint density at radius 3 is 2.43 bits per heavy atom. The summed E-state index contributed by atoms with van der Waals surface area (Å²) in [6, 6.07) is 15.0. The van der Waals surface area contributed by atoms with E-state index in [0.29, 0.717) is 17.5 Å². The number of nitrogens with one attached hydrogen (secondary N) is 1. The molecule has 1 N–H and O–H groups in total. The molecule has 4 rings (SSSR count). The van der Waals surface area contributed by atoms with E-state index in [1.165, 1.54) is 53.4 Å². The average molecular weight is 537 g/mol. The van der Waals surface area contributed by atoms with Gasteiger partial charge < -0.3 is 4.90 Å². The van der Waals surface area contributed by atoms with Gasteiger partial charge in [-0.3, -0.25) is 4.79 Å². The van der Waals surface area contributed by atoms with E-state index in [-0.39, 0.29) is 33.5 Å². The number of rotatable bonds is 6. The second-order valence-corrected chi connectivity index (χ2v) is 12.3. The van der Waals surface area contributed by atoms with Gasteiger partial charge in [0.05, 0.1) is 15.5 Å². The predicted molar refractivity (Wildman–Crippen MR) is 132 cm³/mol. The highest BCUT2D eigenvalue weighted by molar-refractivity contribution is 7.91. The molecule has 35 heavy (non-hydrogen) atoms. The molecular formula is C24H22ClFN2O5S2. The molecule has 1 saturated heterocycles. The zero-order valence-corrected chi connectivity index (χ0v) is 21.0. The SMILES string of the molecule is CS(=O)(=O)c1ccccc1-c1ccc(N2CCCC(NS(=O)(=O)c3cccc(Cl)c3)C2=O)c(F)c1. The van der Waals surface area contributed by atoms with Crippen molar-refractivity contribution in [1.29, 1.82) is 0 Å². The van der Waals surface area contributed by atoms with Gasteiger partial charge >= 0.3 is 0 Å². The third-order valence-corrected chi connectivity index (χ3v) is 8.54. The Morgan fingerprint density at radius 1 is 1.00 bits per heavy atom. The highest BCUT2D eigenvalue weighted by atomic mass is 35.5. The Balaban J connectivity index is 1.61. The second-order valence-electron chi connectivity index (χ2n) is 8.20. The van der Waals surface area contributed by atoms with E-state index in [0.717, 1.165) is 6.26 Å². The molecule has 3 aromatic carbocycles. The summed E-state index contributed by atoms with van der Waals surface area (Å²) in [5.74, 6) is -1.30. The van der Waals surface area contributed by atoms with E-state index in [4.69, 9.17) is 11.6 Å². The van der Waals surface area contributed by atoms with Crippen LogP contribution < -0.4 is 9.62 Å². The molecule has 0 spiro atoms. The van der Waals surface area contributed by atoms with Crippen LogP contribution in [-0.4, -0.2) is 41.6 Å². The minimum atomic E-state index is -4.03. The van der Waals surface area contributed by atoms with Gasteiger partial charge in [-0.15, -0.1) is 0 Å². The third-order valence-electron chi connectivity index (χ3n) is 5.68. The normalized spacial score (nSPS) is 16.9. The fourth-order valence-corrected chi connectivity index (χ4v) is 6.47. The Bertz CT molecular complexity index is 1510. The van der Waals surface area contributed by atoms with Gasteiger partial charge in [0.15, 0.2) is 9.84 Å². The van der Waals surface area contributed by atoms with Crippen molar-refractivity contribution >= 4 is 43.1 Å². The smallest absolute Gasteiger partial charge is 0.245 e. The number of benzene rings is 3. The minimum Gasteiger partial charge on any atom is -0.308 e. The predicted octanol–water partition coefficient (Wildman–Crippen LogP) is 4.02. The van der Waals surface area contributed by atoms with Crippen LogP contribution >= 0.6 is 11.6 Å². The van der Waals surface area contributed by atoms with Crippen molar-refractivity contribution in [3.8, 4) is 11.1 Å². The van der Waals surface area contributed by atoms with Gasteiger partial charge in [0.1, 0.15) is 11.9 Å². The maximum atomic E-state index is 15.2. The number of sulfone groups is 1. The number of amides is 1. The molecule has 0 radical (unpaired) electrons. The first-order chi connectivity index (χ1) is 16.5. The standard InChI is InChI=1S/C24H22ClFN2O5S2/c1-34(30,31)23-10-3-2-8-19(23)16-11-12-22(20(26)14-16)28-13-5-9-21(24(28)29)27-35(32,33)18-7-4-6-17(25)15-18/h2-4,6-8,10-12,14-15,21,27H,5,9,13H2,1H3. The third kappa shape index (κ3) is 5.40. The van der Waals surface area contributed by atoms with Crippen LogP contribution in [0.25, 0.3) is 11.1 Å². The molecule has 0 saturated carbocycles. The second kappa shape index (κ2) is 9.69. The average Bonchev–Trinajstić information content (AvgIpc) is 2.80. The lowest BCUT2D eigenvalue weighted by molar-refractivity contribution is -0.121. The molecule has 184 valence electrons. The topological polar surface area (TPSA) is 101 Å². The molecule has 1 unspecified atom stereocenters. The van der Waals surface area contributed by atoms with E-state index in [9.17, 15) is 21.6 Å². The number of piperidine rings is 1. The van der Waals surface area contributed by atoms with Crippen molar-refractivity contribution in [1.82, 2.24) is 4.72 Å². The van der Waals surface area contributed by atoms with Gasteiger partial charge in [0.2, 0.25) is 15.9 Å². The van der Waals surface area contributed by atoms with Crippen LogP contribution in [0.15, 0.2) is 76.5 Å². The van der Waals surface area contributed by atoms with Gasteiger partial charge in [-0.1, -0.05) is 41.9 Å². The molecule has 3 aromatic rings. The van der Waals surface area contributed by atoms with Gasteiger partial charge in [-0.2, -0.15) is 4.72 Å². The number of anilines is 1. The van der Waals surface area contributed by atoms with E-state index in [1.807, 2.05) is 0 Å². The Kier molecular flexibility index (Phi) is 7.01. The van der Waals surface area contributed by atoms with Crippen LogP contribution in [0.2, 0.25) is 5.02 Å². The number of nitrogens with zero attached hydrogens (tertiary/aromatic N) is 1. The van der Waals surface area contributed by atoms with Gasteiger partial charge in [-0.25, -0.2) is 21.2 Å². The Hall–Kier alpha value is -2.79. The number of hydrogen-bond acceptors (Lipinski definition) is 5. The van der Waals surface area contributed by atoms with Crippen molar-refractivity contribution in [2.75, 3.05) is 17.7 Å². The fourth-order valence-electron chi connectivity index (χ4n) is 4.04. The number of carbonyl (C=O) groups is 1. The largest absolute Gasteiger partial charge is 0.308 e. The number of sulfonamides is 1. The van der Waals surface area contributed by atoms with Crippen molar-refractivity contribution in [3.63, 3.8) is 0 Å². The highest BCUT2D eigenvalue weighted by Gasteiger charge is 2.34. The van der Waals surface area contributed by atoms with Crippen LogP contribution in [0.5, 0.6) is 0 Å². The highest BCUT2D eigenvalue weighted by Crippen LogP contribution is 2.32. The molecule has 1 fully saturated rings. The molecule has 0 bridgehead atoms. The number of halogens is 2. The van der Waals surface area contributed by atoms with Crippen LogP contribution in [0.1, 0.15) is 12.8 Å². The van der Waals surface area contributed by atoms with E-state index in [2.05, 4.69) is 4.72 Å². The lowest BCUT2D eigenvalue weighted by Crippen LogP contribution is -2.52. The fraction of sp³-hybridized carbons (Fsp3) is 0.208. The van der Waals surface area contributed by atoms with E-state index < -0.39 is 37.6 Å². The first kappa shape index (κ1) is 25.3. The molecule has 11 heteroatoms. The van der Waals surface area contributed by atoms with E-state index >= 15 is 4.39 Å². The van der Waals surface area contributed by atoms with Crippen molar-refractivity contribution in [2.24, 2.45) is 0 Å². The zero-order valence-electron chi connectivity index (χ0n) is 18.6.